The zero-order chi connectivity index (χ0) is 17.0. The summed E-state index contributed by atoms with van der Waals surface area (Å²) >= 11 is 0. The van der Waals surface area contributed by atoms with E-state index >= 15 is 0 Å². The molecule has 0 aliphatic heterocycles. The number of hydrogen-bond donors (Lipinski definition) is 2. The molecular weight excluding hydrogens is 313 g/mol. The fourth-order valence-electron chi connectivity index (χ4n) is 1.77. The zero-order valence-corrected chi connectivity index (χ0v) is 11.8. The van der Waals surface area contributed by atoms with Crippen LogP contribution in [0.4, 0.5) is 23.7 Å². The molecule has 2 N–H and O–H groups in total. The molecule has 0 bridgehead atoms. The maximum Gasteiger partial charge on any atom is 0.326 e. The van der Waals surface area contributed by atoms with Crippen molar-refractivity contribution in [3.8, 4) is 5.75 Å². The second-order valence-corrected chi connectivity index (χ2v) is 4.35. The minimum absolute atomic E-state index is 0.0320. The van der Waals surface area contributed by atoms with Gasteiger partial charge >= 0.3 is 6.03 Å². The summed E-state index contributed by atoms with van der Waals surface area (Å²) in [6.07, 6.45) is 0. The van der Waals surface area contributed by atoms with E-state index in [0.717, 1.165) is 30.3 Å². The zero-order valence-electron chi connectivity index (χ0n) is 11.8. The van der Waals surface area contributed by atoms with Crippen molar-refractivity contribution in [1.29, 1.82) is 0 Å². The minimum atomic E-state index is -1.36. The van der Waals surface area contributed by atoms with Gasteiger partial charge in [0.05, 0.1) is 18.4 Å². The Morgan fingerprint density at radius 2 is 1.83 bits per heavy atom. The first-order valence-corrected chi connectivity index (χ1v) is 6.32. The lowest BCUT2D eigenvalue weighted by Gasteiger charge is -2.11. The Labute approximate surface area is 129 Å². The van der Waals surface area contributed by atoms with Gasteiger partial charge in [0.2, 0.25) is 0 Å². The van der Waals surface area contributed by atoms with Crippen LogP contribution in [0, 0.1) is 17.5 Å². The Hall–Kier alpha value is -3.03. The van der Waals surface area contributed by atoms with Crippen LogP contribution in [0.2, 0.25) is 0 Å². The van der Waals surface area contributed by atoms with Gasteiger partial charge in [0.15, 0.2) is 11.6 Å². The van der Waals surface area contributed by atoms with Crippen molar-refractivity contribution in [2.75, 3.05) is 12.4 Å². The van der Waals surface area contributed by atoms with E-state index in [1.807, 2.05) is 5.32 Å². The van der Waals surface area contributed by atoms with Gasteiger partial charge in [-0.25, -0.2) is 18.0 Å². The third-order valence-electron chi connectivity index (χ3n) is 2.84. The number of urea groups is 1. The Balaban J connectivity index is 2.11. The van der Waals surface area contributed by atoms with Gasteiger partial charge in [0.1, 0.15) is 11.6 Å². The summed E-state index contributed by atoms with van der Waals surface area (Å²) in [5, 5.41) is 4.08. The van der Waals surface area contributed by atoms with Crippen LogP contribution in [0.25, 0.3) is 0 Å². The predicted molar refractivity (Wildman–Crippen MR) is 75.8 cm³/mol. The molecule has 0 saturated carbocycles. The molecule has 0 aliphatic rings. The van der Waals surface area contributed by atoms with E-state index in [-0.39, 0.29) is 11.4 Å². The quantitative estimate of drug-likeness (QED) is 0.912. The van der Waals surface area contributed by atoms with E-state index in [2.05, 4.69) is 5.32 Å². The molecule has 0 aliphatic carbocycles. The molecule has 0 aromatic heterocycles. The van der Waals surface area contributed by atoms with Crippen LogP contribution in [0.5, 0.6) is 5.75 Å². The fourth-order valence-corrected chi connectivity index (χ4v) is 1.77. The van der Waals surface area contributed by atoms with Gasteiger partial charge in [-0.15, -0.1) is 0 Å². The summed E-state index contributed by atoms with van der Waals surface area (Å²) in [4.78, 5) is 23.5. The van der Waals surface area contributed by atoms with Crippen LogP contribution in [0.3, 0.4) is 0 Å². The minimum Gasteiger partial charge on any atom is -0.494 e. The molecule has 0 spiro atoms. The number of nitrogens with one attached hydrogen (secondary N) is 2. The van der Waals surface area contributed by atoms with Gasteiger partial charge in [0, 0.05) is 6.07 Å². The van der Waals surface area contributed by atoms with Crippen molar-refractivity contribution >= 4 is 17.6 Å². The van der Waals surface area contributed by atoms with E-state index in [0.29, 0.717) is 0 Å². The second kappa shape index (κ2) is 6.82. The molecule has 0 atom stereocenters. The molecule has 0 unspecified atom stereocenters. The van der Waals surface area contributed by atoms with Gasteiger partial charge in [0.25, 0.3) is 5.91 Å². The molecule has 0 radical (unpaired) electrons. The van der Waals surface area contributed by atoms with Crippen molar-refractivity contribution < 1.29 is 27.5 Å². The first kappa shape index (κ1) is 16.3. The maximum atomic E-state index is 13.5. The topological polar surface area (TPSA) is 67.4 Å². The molecule has 0 saturated heterocycles. The number of ether oxygens (including phenoxy) is 1. The third kappa shape index (κ3) is 3.79. The van der Waals surface area contributed by atoms with Crippen molar-refractivity contribution in [3.63, 3.8) is 0 Å². The molecule has 120 valence electrons. The van der Waals surface area contributed by atoms with E-state index in [4.69, 9.17) is 4.74 Å². The Kier molecular flexibility index (Phi) is 4.85. The molecule has 0 heterocycles. The van der Waals surface area contributed by atoms with Crippen LogP contribution >= 0.6 is 0 Å². The highest BCUT2D eigenvalue weighted by Crippen LogP contribution is 2.24. The maximum absolute atomic E-state index is 13.5. The Bertz CT molecular complexity index is 766. The van der Waals surface area contributed by atoms with E-state index in [1.54, 1.807) is 0 Å². The summed E-state index contributed by atoms with van der Waals surface area (Å²) in [7, 11) is 1.27. The largest absolute Gasteiger partial charge is 0.494 e. The highest BCUT2D eigenvalue weighted by Gasteiger charge is 2.18. The molecule has 8 heteroatoms. The summed E-state index contributed by atoms with van der Waals surface area (Å²) in [5.74, 6) is -4.24. The first-order chi connectivity index (χ1) is 10.9. The van der Waals surface area contributed by atoms with E-state index in [9.17, 15) is 22.8 Å². The number of benzene rings is 2. The molecule has 0 fully saturated rings. The van der Waals surface area contributed by atoms with Crippen LogP contribution in [0.15, 0.2) is 36.4 Å². The normalized spacial score (nSPS) is 10.1. The molecule has 5 nitrogen and oxygen atoms in total. The molecule has 3 amide bonds. The summed E-state index contributed by atoms with van der Waals surface area (Å²) < 4.78 is 44.4. The standard InChI is InChI=1S/C15H11F3N2O3/c1-23-12-7-8(16)5-6-11(12)19-15(22)20-14(21)9-3-2-4-10(17)13(9)18/h2-7H,1H3,(H2,19,20,21,22). The first-order valence-electron chi connectivity index (χ1n) is 6.32. The lowest BCUT2D eigenvalue weighted by Crippen LogP contribution is -2.35. The summed E-state index contributed by atoms with van der Waals surface area (Å²) in [6, 6.07) is 5.32. The number of halogens is 3. The average molecular weight is 324 g/mol. The van der Waals surface area contributed by atoms with Crippen LogP contribution < -0.4 is 15.4 Å². The Morgan fingerprint density at radius 3 is 2.52 bits per heavy atom. The predicted octanol–water partition coefficient (Wildman–Crippen LogP) is 3.07. The van der Waals surface area contributed by atoms with Gasteiger partial charge in [-0.1, -0.05) is 6.07 Å². The van der Waals surface area contributed by atoms with Gasteiger partial charge in [-0.05, 0) is 24.3 Å². The fraction of sp³-hybridized carbons (Fsp3) is 0.0667. The van der Waals surface area contributed by atoms with Crippen molar-refractivity contribution in [3.05, 3.63) is 59.4 Å². The third-order valence-corrected chi connectivity index (χ3v) is 2.84. The smallest absolute Gasteiger partial charge is 0.326 e. The monoisotopic (exact) mass is 324 g/mol. The lowest BCUT2D eigenvalue weighted by atomic mass is 10.2. The van der Waals surface area contributed by atoms with Gasteiger partial charge in [-0.2, -0.15) is 0 Å². The molecule has 2 rings (SSSR count). The highest BCUT2D eigenvalue weighted by atomic mass is 19.2. The van der Waals surface area contributed by atoms with Crippen LogP contribution in [-0.2, 0) is 0 Å². The highest BCUT2D eigenvalue weighted by molar-refractivity contribution is 6.08. The van der Waals surface area contributed by atoms with Crippen molar-refractivity contribution in [1.82, 2.24) is 5.32 Å². The van der Waals surface area contributed by atoms with Crippen LogP contribution in [0.1, 0.15) is 10.4 Å². The Morgan fingerprint density at radius 1 is 1.09 bits per heavy atom. The molecule has 2 aromatic carbocycles. The number of anilines is 1. The SMILES string of the molecule is COc1cc(F)ccc1NC(=O)NC(=O)c1cccc(F)c1F. The number of rotatable bonds is 3. The van der Waals surface area contributed by atoms with Crippen molar-refractivity contribution in [2.45, 2.75) is 0 Å². The number of amides is 3. The number of methoxy groups -OCH3 is 1. The van der Waals surface area contributed by atoms with E-state index in [1.165, 1.54) is 13.2 Å². The average Bonchev–Trinajstić information content (AvgIpc) is 2.51. The summed E-state index contributed by atoms with van der Waals surface area (Å²) in [5.41, 5.74) is -0.523. The number of hydrogen-bond acceptors (Lipinski definition) is 3. The van der Waals surface area contributed by atoms with Crippen LogP contribution in [-0.4, -0.2) is 19.0 Å². The summed E-state index contributed by atoms with van der Waals surface area (Å²) in [6.45, 7) is 0. The van der Waals surface area contributed by atoms with Gasteiger partial charge < -0.3 is 10.1 Å². The number of carbonyl (C=O) groups is 2. The molecule has 23 heavy (non-hydrogen) atoms. The van der Waals surface area contributed by atoms with Gasteiger partial charge in [-0.3, -0.25) is 10.1 Å². The van der Waals surface area contributed by atoms with Crippen molar-refractivity contribution in [2.24, 2.45) is 0 Å². The second-order valence-electron chi connectivity index (χ2n) is 4.35. The molecule has 2 aromatic rings. The number of carbonyl (C=O) groups excluding carboxylic acids is 2. The van der Waals surface area contributed by atoms with E-state index < -0.39 is 35.0 Å². The molecular formula is C15H11F3N2O3. The number of imide groups is 1. The lowest BCUT2D eigenvalue weighted by molar-refractivity contribution is 0.0962.